The van der Waals surface area contributed by atoms with E-state index in [0.717, 1.165) is 30.8 Å². The Bertz CT molecular complexity index is 478. The third-order valence-electron chi connectivity index (χ3n) is 3.78. The van der Waals surface area contributed by atoms with Gasteiger partial charge in [0.2, 0.25) is 0 Å². The van der Waals surface area contributed by atoms with Crippen molar-refractivity contribution in [2.24, 2.45) is 11.7 Å². The van der Waals surface area contributed by atoms with Gasteiger partial charge in [-0.3, -0.25) is 5.41 Å². The zero-order chi connectivity index (χ0) is 14.0. The molecular formula is C14H20ClN3O. The Hall–Kier alpha value is -1.26. The summed E-state index contributed by atoms with van der Waals surface area (Å²) in [5.74, 6) is 0.612. The van der Waals surface area contributed by atoms with Crippen LogP contribution in [0.3, 0.4) is 0 Å². The Morgan fingerprint density at radius 3 is 2.89 bits per heavy atom. The first-order valence-corrected chi connectivity index (χ1v) is 6.82. The number of nitrogens with one attached hydrogen (secondary N) is 1. The summed E-state index contributed by atoms with van der Waals surface area (Å²) >= 11 is 6.07. The molecule has 0 saturated carbocycles. The van der Waals surface area contributed by atoms with Crippen LogP contribution in [0.15, 0.2) is 18.2 Å². The molecule has 1 aliphatic heterocycles. The Balaban J connectivity index is 2.31. The summed E-state index contributed by atoms with van der Waals surface area (Å²) in [6.45, 7) is 3.94. The molecule has 0 aromatic heterocycles. The molecule has 1 heterocycles. The van der Waals surface area contributed by atoms with E-state index in [9.17, 15) is 0 Å². The van der Waals surface area contributed by atoms with E-state index in [-0.39, 0.29) is 11.9 Å². The fourth-order valence-corrected chi connectivity index (χ4v) is 2.72. The second-order valence-electron chi connectivity index (χ2n) is 5.06. The first-order chi connectivity index (χ1) is 9.02. The van der Waals surface area contributed by atoms with Crippen LogP contribution >= 0.6 is 11.6 Å². The van der Waals surface area contributed by atoms with Crippen molar-refractivity contribution < 1.29 is 4.74 Å². The first kappa shape index (κ1) is 14.2. The summed E-state index contributed by atoms with van der Waals surface area (Å²) in [5.41, 5.74) is 7.30. The van der Waals surface area contributed by atoms with Crippen LogP contribution in [0, 0.1) is 11.3 Å². The summed E-state index contributed by atoms with van der Waals surface area (Å²) in [7, 11) is 1.74. The smallest absolute Gasteiger partial charge is 0.124 e. The SMILES string of the molecule is COC1CN(c2cc(Cl)ccc2C(=N)N)CCC1C. The molecule has 1 saturated heterocycles. The van der Waals surface area contributed by atoms with Gasteiger partial charge in [0.25, 0.3) is 0 Å². The zero-order valence-corrected chi connectivity index (χ0v) is 12.1. The molecule has 0 bridgehead atoms. The molecule has 4 nitrogen and oxygen atoms in total. The van der Waals surface area contributed by atoms with Crippen LogP contribution in [0.5, 0.6) is 0 Å². The number of hydrogen-bond donors (Lipinski definition) is 2. The molecule has 0 aliphatic carbocycles. The van der Waals surface area contributed by atoms with Gasteiger partial charge in [-0.1, -0.05) is 18.5 Å². The first-order valence-electron chi connectivity index (χ1n) is 6.44. The Morgan fingerprint density at radius 2 is 2.26 bits per heavy atom. The molecule has 3 N–H and O–H groups in total. The molecule has 2 rings (SSSR count). The van der Waals surface area contributed by atoms with Gasteiger partial charge in [-0.05, 0) is 30.5 Å². The number of piperidine rings is 1. The van der Waals surface area contributed by atoms with E-state index in [2.05, 4.69) is 11.8 Å². The van der Waals surface area contributed by atoms with E-state index in [1.165, 1.54) is 0 Å². The lowest BCUT2D eigenvalue weighted by Crippen LogP contribution is -2.44. The van der Waals surface area contributed by atoms with Crippen LogP contribution in [-0.4, -0.2) is 32.1 Å². The third kappa shape index (κ3) is 3.01. The number of amidine groups is 1. The number of hydrogen-bond acceptors (Lipinski definition) is 3. The van der Waals surface area contributed by atoms with Crippen LogP contribution in [0.1, 0.15) is 18.9 Å². The number of benzene rings is 1. The lowest BCUT2D eigenvalue weighted by molar-refractivity contribution is 0.0498. The van der Waals surface area contributed by atoms with Crippen molar-refractivity contribution in [2.45, 2.75) is 19.4 Å². The predicted molar refractivity (Wildman–Crippen MR) is 79.3 cm³/mol. The monoisotopic (exact) mass is 281 g/mol. The fourth-order valence-electron chi connectivity index (χ4n) is 2.55. The standard InChI is InChI=1S/C14H20ClN3O/c1-9-5-6-18(8-13(9)19-2)12-7-10(15)3-4-11(12)14(16)17/h3-4,7,9,13H,5-6,8H2,1-2H3,(H3,16,17). The summed E-state index contributed by atoms with van der Waals surface area (Å²) in [6.07, 6.45) is 1.26. The maximum Gasteiger partial charge on any atom is 0.124 e. The highest BCUT2D eigenvalue weighted by atomic mass is 35.5. The quantitative estimate of drug-likeness (QED) is 0.661. The van der Waals surface area contributed by atoms with Crippen molar-refractivity contribution in [3.8, 4) is 0 Å². The molecule has 0 amide bonds. The van der Waals surface area contributed by atoms with Gasteiger partial charge in [0.05, 0.1) is 6.10 Å². The van der Waals surface area contributed by atoms with Crippen molar-refractivity contribution in [1.82, 2.24) is 0 Å². The van der Waals surface area contributed by atoms with E-state index in [1.807, 2.05) is 6.07 Å². The van der Waals surface area contributed by atoms with Crippen LogP contribution in [0.2, 0.25) is 5.02 Å². The van der Waals surface area contributed by atoms with Gasteiger partial charge in [-0.2, -0.15) is 0 Å². The number of methoxy groups -OCH3 is 1. The third-order valence-corrected chi connectivity index (χ3v) is 4.02. The van der Waals surface area contributed by atoms with Crippen molar-refractivity contribution in [2.75, 3.05) is 25.1 Å². The van der Waals surface area contributed by atoms with E-state index in [1.54, 1.807) is 19.2 Å². The molecule has 1 aromatic carbocycles. The van der Waals surface area contributed by atoms with E-state index in [0.29, 0.717) is 10.9 Å². The van der Waals surface area contributed by atoms with Crippen molar-refractivity contribution in [1.29, 1.82) is 5.41 Å². The highest BCUT2D eigenvalue weighted by Crippen LogP contribution is 2.29. The van der Waals surface area contributed by atoms with Gasteiger partial charge in [0.15, 0.2) is 0 Å². The molecule has 2 atom stereocenters. The number of anilines is 1. The van der Waals surface area contributed by atoms with Gasteiger partial charge in [0, 0.05) is 36.5 Å². The minimum atomic E-state index is 0.0688. The van der Waals surface area contributed by atoms with Crippen molar-refractivity contribution >= 4 is 23.1 Å². The lowest BCUT2D eigenvalue weighted by Gasteiger charge is -2.38. The number of nitrogens with zero attached hydrogens (tertiary/aromatic N) is 1. The van der Waals surface area contributed by atoms with Crippen LogP contribution in [0.4, 0.5) is 5.69 Å². The zero-order valence-electron chi connectivity index (χ0n) is 11.3. The summed E-state index contributed by atoms with van der Waals surface area (Å²) in [5, 5.41) is 8.34. The van der Waals surface area contributed by atoms with Gasteiger partial charge in [-0.15, -0.1) is 0 Å². The Kier molecular flexibility index (Phi) is 4.32. The molecule has 0 radical (unpaired) electrons. The average Bonchev–Trinajstić information content (AvgIpc) is 2.38. The molecule has 1 aliphatic rings. The maximum atomic E-state index is 7.68. The van der Waals surface area contributed by atoms with Crippen molar-refractivity contribution in [3.05, 3.63) is 28.8 Å². The van der Waals surface area contributed by atoms with E-state index < -0.39 is 0 Å². The molecule has 104 valence electrons. The molecule has 2 unspecified atom stereocenters. The van der Waals surface area contributed by atoms with Crippen molar-refractivity contribution in [3.63, 3.8) is 0 Å². The number of rotatable bonds is 3. The molecule has 0 spiro atoms. The largest absolute Gasteiger partial charge is 0.384 e. The highest BCUT2D eigenvalue weighted by Gasteiger charge is 2.27. The van der Waals surface area contributed by atoms with Gasteiger partial charge in [0.1, 0.15) is 5.84 Å². The summed E-state index contributed by atoms with van der Waals surface area (Å²) in [6, 6.07) is 5.45. The van der Waals surface area contributed by atoms with Gasteiger partial charge < -0.3 is 15.4 Å². The second-order valence-corrected chi connectivity index (χ2v) is 5.50. The van der Waals surface area contributed by atoms with Crippen LogP contribution < -0.4 is 10.6 Å². The predicted octanol–water partition coefficient (Wildman–Crippen LogP) is 2.49. The topological polar surface area (TPSA) is 62.3 Å². The second kappa shape index (κ2) is 5.80. The van der Waals surface area contributed by atoms with Crippen LogP contribution in [-0.2, 0) is 4.74 Å². The highest BCUT2D eigenvalue weighted by molar-refractivity contribution is 6.31. The average molecular weight is 282 g/mol. The summed E-state index contributed by atoms with van der Waals surface area (Å²) in [4.78, 5) is 2.21. The Labute approximate surface area is 119 Å². The van der Waals surface area contributed by atoms with E-state index >= 15 is 0 Å². The molecular weight excluding hydrogens is 262 g/mol. The van der Waals surface area contributed by atoms with Gasteiger partial charge >= 0.3 is 0 Å². The molecule has 1 aromatic rings. The minimum absolute atomic E-state index is 0.0688. The minimum Gasteiger partial charge on any atom is -0.384 e. The molecule has 5 heteroatoms. The molecule has 19 heavy (non-hydrogen) atoms. The number of halogens is 1. The maximum absolute atomic E-state index is 7.68. The lowest BCUT2D eigenvalue weighted by atomic mass is 9.95. The number of ether oxygens (including phenoxy) is 1. The summed E-state index contributed by atoms with van der Waals surface area (Å²) < 4.78 is 5.53. The fraction of sp³-hybridized carbons (Fsp3) is 0.500. The Morgan fingerprint density at radius 1 is 1.53 bits per heavy atom. The van der Waals surface area contributed by atoms with Crippen LogP contribution in [0.25, 0.3) is 0 Å². The van der Waals surface area contributed by atoms with Gasteiger partial charge in [-0.25, -0.2) is 0 Å². The van der Waals surface area contributed by atoms with E-state index in [4.69, 9.17) is 27.5 Å². The normalized spacial score (nSPS) is 23.4. The number of nitrogen functional groups attached to an aromatic ring is 1. The number of nitrogens with two attached hydrogens (primary N) is 1. The molecule has 1 fully saturated rings.